The molecule has 0 aliphatic carbocycles. The fraction of sp³-hybridized carbons (Fsp3) is 0.519. The highest BCUT2D eigenvalue weighted by Crippen LogP contribution is 2.24. The third kappa shape index (κ3) is 20.5. The molecule has 0 saturated heterocycles. The van der Waals surface area contributed by atoms with Crippen LogP contribution in [-0.4, -0.2) is 41.1 Å². The van der Waals surface area contributed by atoms with Crippen molar-refractivity contribution in [3.8, 4) is 0 Å². The van der Waals surface area contributed by atoms with Crippen LogP contribution in [0, 0.1) is 11.8 Å². The molecule has 33 heavy (non-hydrogen) atoms. The number of aryl methyl sites for hydroxylation is 1. The second-order valence-corrected chi connectivity index (χ2v) is 10.2. The van der Waals surface area contributed by atoms with Gasteiger partial charge in [0.2, 0.25) is 5.91 Å². The summed E-state index contributed by atoms with van der Waals surface area (Å²) < 4.78 is 2.31. The lowest BCUT2D eigenvalue weighted by molar-refractivity contribution is -0.116. The van der Waals surface area contributed by atoms with Gasteiger partial charge in [0.15, 0.2) is 0 Å². The van der Waals surface area contributed by atoms with Gasteiger partial charge in [-0.05, 0) is 60.7 Å². The topological polar surface area (TPSA) is 92.6 Å². The van der Waals surface area contributed by atoms with E-state index in [2.05, 4.69) is 93.2 Å². The van der Waals surface area contributed by atoms with Crippen LogP contribution in [-0.2, 0) is 11.2 Å². The van der Waals surface area contributed by atoms with E-state index in [1.54, 1.807) is 11.9 Å². The number of carbonyl (C=O) groups is 1. The van der Waals surface area contributed by atoms with E-state index in [1.165, 1.54) is 10.5 Å². The van der Waals surface area contributed by atoms with Gasteiger partial charge in [-0.15, -0.1) is 0 Å². The molecule has 0 spiro atoms. The molecule has 0 aliphatic heterocycles. The molecule has 1 unspecified atom stereocenters. The van der Waals surface area contributed by atoms with Gasteiger partial charge < -0.3 is 16.6 Å². The average molecular weight is 476 g/mol. The molecule has 5 N–H and O–H groups in total. The van der Waals surface area contributed by atoms with Gasteiger partial charge in [-0.1, -0.05) is 83.1 Å². The quantitative estimate of drug-likeness (QED) is 0.392. The van der Waals surface area contributed by atoms with Crippen LogP contribution < -0.4 is 11.5 Å². The van der Waals surface area contributed by atoms with E-state index >= 15 is 0 Å². The van der Waals surface area contributed by atoms with Crippen molar-refractivity contribution in [2.24, 2.45) is 23.3 Å². The predicted octanol–water partition coefficient (Wildman–Crippen LogP) is 5.13. The number of carbonyl (C=O) groups excluding carboxylic acids is 1. The number of nitrogens with zero attached hydrogens (tertiary/aromatic N) is 1. The minimum Gasteiger partial charge on any atom is -0.392 e. The molecule has 5 nitrogen and oxygen atoms in total. The van der Waals surface area contributed by atoms with Gasteiger partial charge in [-0.3, -0.25) is 4.79 Å². The molecule has 0 aromatic heterocycles. The van der Waals surface area contributed by atoms with E-state index in [0.29, 0.717) is 12.5 Å². The molecule has 0 saturated carbocycles. The van der Waals surface area contributed by atoms with E-state index in [9.17, 15) is 9.90 Å². The monoisotopic (exact) mass is 475 g/mol. The maximum atomic E-state index is 10.5. The first kappa shape index (κ1) is 31.1. The van der Waals surface area contributed by atoms with Crippen LogP contribution >= 0.6 is 11.9 Å². The van der Waals surface area contributed by atoms with E-state index in [0.717, 1.165) is 31.7 Å². The number of benzene rings is 2. The summed E-state index contributed by atoms with van der Waals surface area (Å²) in [4.78, 5) is 10.7. The molecule has 2 aromatic rings. The number of primary amides is 1. The predicted molar refractivity (Wildman–Crippen MR) is 143 cm³/mol. The Balaban J connectivity index is 0.000000968. The lowest BCUT2D eigenvalue weighted by Crippen LogP contribution is -2.29. The lowest BCUT2D eigenvalue weighted by Gasteiger charge is -2.24. The van der Waals surface area contributed by atoms with Crippen molar-refractivity contribution in [3.63, 3.8) is 0 Å². The molecule has 186 valence electrons. The number of nitrogens with two attached hydrogens (primary N) is 2. The van der Waals surface area contributed by atoms with Crippen LogP contribution in [0.4, 0.5) is 0 Å². The van der Waals surface area contributed by atoms with Gasteiger partial charge in [0.25, 0.3) is 0 Å². The van der Waals surface area contributed by atoms with Crippen molar-refractivity contribution in [1.82, 2.24) is 4.31 Å². The van der Waals surface area contributed by atoms with Crippen molar-refractivity contribution < 1.29 is 9.90 Å². The maximum absolute atomic E-state index is 10.5. The van der Waals surface area contributed by atoms with E-state index in [1.807, 2.05) is 12.1 Å². The number of aliphatic hydroxyl groups is 1. The normalized spacial score (nSPS) is 11.5. The third-order valence-corrected chi connectivity index (χ3v) is 5.23. The van der Waals surface area contributed by atoms with Crippen molar-refractivity contribution in [1.29, 1.82) is 0 Å². The Morgan fingerprint density at radius 1 is 0.939 bits per heavy atom. The Morgan fingerprint density at radius 3 is 1.88 bits per heavy atom. The summed E-state index contributed by atoms with van der Waals surface area (Å²) in [6, 6.07) is 20.8. The lowest BCUT2D eigenvalue weighted by atomic mass is 10.1. The van der Waals surface area contributed by atoms with Crippen LogP contribution in [0.5, 0.6) is 0 Å². The van der Waals surface area contributed by atoms with Gasteiger partial charge in [0.1, 0.15) is 0 Å². The Bertz CT molecular complexity index is 709. The highest BCUT2D eigenvalue weighted by molar-refractivity contribution is 7.97. The van der Waals surface area contributed by atoms with Crippen molar-refractivity contribution >= 4 is 17.9 Å². The second-order valence-electron chi connectivity index (χ2n) is 9.06. The largest absolute Gasteiger partial charge is 0.392 e. The van der Waals surface area contributed by atoms with E-state index < -0.39 is 5.91 Å². The van der Waals surface area contributed by atoms with Crippen molar-refractivity contribution in [2.45, 2.75) is 64.9 Å². The van der Waals surface area contributed by atoms with Crippen molar-refractivity contribution in [2.75, 3.05) is 19.6 Å². The first-order chi connectivity index (χ1) is 15.6. The van der Waals surface area contributed by atoms with Crippen LogP contribution in [0.25, 0.3) is 0 Å². The molecule has 0 heterocycles. The zero-order chi connectivity index (χ0) is 25.1. The summed E-state index contributed by atoms with van der Waals surface area (Å²) in [5, 5.41) is 10.5. The Hall–Kier alpha value is -1.86. The number of amides is 1. The zero-order valence-electron chi connectivity index (χ0n) is 21.1. The number of hydrogen-bond acceptors (Lipinski definition) is 5. The molecule has 2 rings (SSSR count). The first-order valence-corrected chi connectivity index (χ1v) is 12.6. The van der Waals surface area contributed by atoms with Crippen LogP contribution in [0.15, 0.2) is 65.6 Å². The first-order valence-electron chi connectivity index (χ1n) is 11.8. The van der Waals surface area contributed by atoms with Gasteiger partial charge >= 0.3 is 0 Å². The maximum Gasteiger partial charge on any atom is 0.231 e. The molecule has 1 atom stereocenters. The average Bonchev–Trinajstić information content (AvgIpc) is 2.77. The van der Waals surface area contributed by atoms with Crippen LogP contribution in [0.3, 0.4) is 0 Å². The van der Waals surface area contributed by atoms with Gasteiger partial charge in [-0.25, -0.2) is 4.31 Å². The molecular formula is C27H45N3O2S. The van der Waals surface area contributed by atoms with Crippen LogP contribution in [0.2, 0.25) is 0 Å². The molecule has 0 radical (unpaired) electrons. The second kappa shape index (κ2) is 19.6. The number of hydrogen-bond donors (Lipinski definition) is 3. The summed E-state index contributed by atoms with van der Waals surface area (Å²) in [5.41, 5.74) is 10.5. The minimum atomic E-state index is -0.468. The van der Waals surface area contributed by atoms with Crippen molar-refractivity contribution in [3.05, 3.63) is 66.2 Å². The summed E-state index contributed by atoms with van der Waals surface area (Å²) in [6.45, 7) is 12.6. The Morgan fingerprint density at radius 2 is 1.42 bits per heavy atom. The van der Waals surface area contributed by atoms with Gasteiger partial charge in [-0.2, -0.15) is 0 Å². The molecule has 0 bridgehead atoms. The molecule has 6 heteroatoms. The van der Waals surface area contributed by atoms with Crippen LogP contribution in [0.1, 0.15) is 53.0 Å². The number of rotatable bonds is 11. The minimum absolute atomic E-state index is 0.0556. The number of aliphatic hydroxyl groups excluding tert-OH is 1. The fourth-order valence-electron chi connectivity index (χ4n) is 2.51. The fourth-order valence-corrected chi connectivity index (χ4v) is 3.53. The third-order valence-electron chi connectivity index (χ3n) is 4.16. The Kier molecular flexibility index (Phi) is 18.5. The Labute approximate surface area is 206 Å². The molecule has 0 fully saturated rings. The van der Waals surface area contributed by atoms with Gasteiger partial charge in [0.05, 0.1) is 12.6 Å². The summed E-state index contributed by atoms with van der Waals surface area (Å²) in [7, 11) is 0. The van der Waals surface area contributed by atoms with E-state index in [4.69, 9.17) is 5.73 Å². The molecular weight excluding hydrogens is 430 g/mol. The van der Waals surface area contributed by atoms with Gasteiger partial charge in [0, 0.05) is 18.0 Å². The summed E-state index contributed by atoms with van der Waals surface area (Å²) >= 11 is 1.75. The molecule has 1 amide bonds. The highest BCUT2D eigenvalue weighted by atomic mass is 32.2. The zero-order valence-corrected chi connectivity index (χ0v) is 21.9. The highest BCUT2D eigenvalue weighted by Gasteiger charge is 2.14. The van der Waals surface area contributed by atoms with E-state index in [-0.39, 0.29) is 12.6 Å². The molecule has 0 aliphatic rings. The summed E-state index contributed by atoms with van der Waals surface area (Å²) in [5.74, 6) is 1.04. The smallest absolute Gasteiger partial charge is 0.231 e. The SMILES string of the molecule is CC(C)C.CC(C)CCN(CC(O)CCc1ccccc1)Sc1ccccc1.NCC(N)=O. The summed E-state index contributed by atoms with van der Waals surface area (Å²) in [6.07, 6.45) is 2.58. The molecule has 2 aromatic carbocycles. The standard InChI is InChI=1S/C21H29NOS.C4H10.C2H6N2O/c1-18(2)15-16-22(24-21-11-7-4-8-12-21)17-20(23)14-13-19-9-5-3-6-10-19;1-4(2)3;3-1-2(4)5/h3-12,18,20,23H,13-17H2,1-2H3;4H,1-3H3;1,3H2,(H2,4,5).